The van der Waals surface area contributed by atoms with E-state index < -0.39 is 24.0 Å². The third-order valence-electron chi connectivity index (χ3n) is 4.23. The first-order valence-corrected chi connectivity index (χ1v) is 6.86. The topological polar surface area (TPSA) is 104 Å². The highest BCUT2D eigenvalue weighted by molar-refractivity contribution is 5.99. The minimum atomic E-state index is -1.15. The van der Waals surface area contributed by atoms with E-state index in [1.807, 2.05) is 0 Å². The normalized spacial score (nSPS) is 29.0. The molecule has 116 valence electrons. The van der Waals surface area contributed by atoms with Gasteiger partial charge in [0.2, 0.25) is 5.91 Å². The number of aliphatic carboxylic acids is 1. The minimum absolute atomic E-state index is 0.00488. The van der Waals surface area contributed by atoms with Crippen molar-refractivity contribution in [2.75, 3.05) is 6.61 Å². The van der Waals surface area contributed by atoms with Gasteiger partial charge >= 0.3 is 11.9 Å². The fourth-order valence-electron chi connectivity index (χ4n) is 3.32. The summed E-state index contributed by atoms with van der Waals surface area (Å²) in [5.41, 5.74) is 0.589. The number of carbonyl (C=O) groups is 3. The van der Waals surface area contributed by atoms with Crippen molar-refractivity contribution in [3.8, 4) is 0 Å². The zero-order valence-electron chi connectivity index (χ0n) is 12.2. The van der Waals surface area contributed by atoms with Crippen LogP contribution in [0.15, 0.2) is 11.3 Å². The van der Waals surface area contributed by atoms with E-state index in [9.17, 15) is 24.6 Å². The van der Waals surface area contributed by atoms with Crippen LogP contribution in [0.3, 0.4) is 0 Å². The van der Waals surface area contributed by atoms with Gasteiger partial charge in [-0.25, -0.2) is 4.79 Å². The Morgan fingerprint density at radius 2 is 2.05 bits per heavy atom. The van der Waals surface area contributed by atoms with Gasteiger partial charge in [-0.3, -0.25) is 9.59 Å². The van der Waals surface area contributed by atoms with Gasteiger partial charge in [0.15, 0.2) is 0 Å². The fraction of sp³-hybridized carbons (Fsp3) is 0.643. The summed E-state index contributed by atoms with van der Waals surface area (Å²) in [5.74, 6) is -2.72. The number of hydrogen-bond acceptors (Lipinski definition) is 5. The first-order valence-electron chi connectivity index (χ1n) is 6.86. The molecule has 4 atom stereocenters. The fourth-order valence-corrected chi connectivity index (χ4v) is 3.32. The van der Waals surface area contributed by atoms with Crippen molar-refractivity contribution in [1.82, 2.24) is 4.90 Å². The van der Waals surface area contributed by atoms with Crippen molar-refractivity contribution in [2.45, 2.75) is 39.3 Å². The maximum absolute atomic E-state index is 12.1. The minimum Gasteiger partial charge on any atom is -0.477 e. The lowest BCUT2D eigenvalue weighted by atomic mass is 9.76. The Kier molecular flexibility index (Phi) is 4.04. The van der Waals surface area contributed by atoms with Gasteiger partial charge in [0.05, 0.1) is 24.7 Å². The van der Waals surface area contributed by atoms with Crippen LogP contribution in [0.5, 0.6) is 0 Å². The number of β-lactam (4-membered cyclic amide) rings is 1. The summed E-state index contributed by atoms with van der Waals surface area (Å²) in [6.07, 6.45) is -0.407. The van der Waals surface area contributed by atoms with Crippen LogP contribution in [0.2, 0.25) is 0 Å². The van der Waals surface area contributed by atoms with Crippen molar-refractivity contribution in [1.29, 1.82) is 0 Å². The van der Waals surface area contributed by atoms with E-state index in [2.05, 4.69) is 0 Å². The molecule has 2 aliphatic heterocycles. The lowest BCUT2D eigenvalue weighted by molar-refractivity contribution is -0.164. The van der Waals surface area contributed by atoms with Crippen molar-refractivity contribution < 1.29 is 29.3 Å². The first-order chi connectivity index (χ1) is 9.77. The zero-order chi connectivity index (χ0) is 15.9. The quantitative estimate of drug-likeness (QED) is 0.552. The molecule has 0 unspecified atom stereocenters. The number of rotatable bonds is 5. The van der Waals surface area contributed by atoms with Gasteiger partial charge in [0, 0.05) is 12.8 Å². The lowest BCUT2D eigenvalue weighted by Gasteiger charge is -2.47. The lowest BCUT2D eigenvalue weighted by Crippen LogP contribution is -2.64. The van der Waals surface area contributed by atoms with E-state index >= 15 is 0 Å². The molecule has 1 saturated heterocycles. The molecule has 1 amide bonds. The van der Waals surface area contributed by atoms with Crippen LogP contribution < -0.4 is 0 Å². The summed E-state index contributed by atoms with van der Waals surface area (Å²) in [7, 11) is 0. The predicted molar refractivity (Wildman–Crippen MR) is 70.9 cm³/mol. The van der Waals surface area contributed by atoms with Gasteiger partial charge in [-0.2, -0.15) is 0 Å². The number of esters is 1. The highest BCUT2D eigenvalue weighted by atomic mass is 16.5. The number of hydrogen-bond donors (Lipinski definition) is 2. The Balaban J connectivity index is 2.22. The second-order valence-electron chi connectivity index (χ2n) is 5.54. The van der Waals surface area contributed by atoms with Gasteiger partial charge in [-0.15, -0.1) is 0 Å². The maximum Gasteiger partial charge on any atom is 0.352 e. The third-order valence-corrected chi connectivity index (χ3v) is 4.23. The molecule has 2 N–H and O–H groups in total. The standard InChI is InChI=1S/C14H19NO6/c1-6-9(4-5-21-8(3)17)12-10(7(2)16)13(18)15(12)11(6)14(19)20/h7,9-10,12,16H,4-5H2,1-3H3,(H,19,20)/t7-,9+,10-,12-/m1/s1. The molecule has 2 rings (SSSR count). The number of carboxylic acids is 1. The van der Waals surface area contributed by atoms with Gasteiger partial charge < -0.3 is 19.8 Å². The number of nitrogens with zero attached hydrogens (tertiary/aromatic N) is 1. The van der Waals surface area contributed by atoms with Crippen molar-refractivity contribution >= 4 is 17.8 Å². The molecular weight excluding hydrogens is 278 g/mol. The Morgan fingerprint density at radius 3 is 2.52 bits per heavy atom. The molecule has 0 aromatic carbocycles. The number of carboxylic acid groups (broad SMARTS) is 1. The van der Waals surface area contributed by atoms with E-state index in [0.29, 0.717) is 12.0 Å². The molecule has 0 aromatic heterocycles. The number of carbonyl (C=O) groups excluding carboxylic acids is 2. The van der Waals surface area contributed by atoms with E-state index in [-0.39, 0.29) is 30.2 Å². The molecule has 2 heterocycles. The summed E-state index contributed by atoms with van der Waals surface area (Å²) in [6, 6.07) is -0.362. The summed E-state index contributed by atoms with van der Waals surface area (Å²) < 4.78 is 4.90. The Morgan fingerprint density at radius 1 is 1.43 bits per heavy atom. The molecule has 0 aromatic rings. The SMILES string of the molecule is CC(=O)OCC[C@H]1C(C)=C(C(=O)O)N2C(=O)[C@H]([C@@H](C)O)[C@@H]12. The van der Waals surface area contributed by atoms with Gasteiger partial charge in [0.25, 0.3) is 0 Å². The number of fused-ring (bicyclic) bond motifs is 1. The predicted octanol–water partition coefficient (Wildman–Crippen LogP) is 0.136. The zero-order valence-corrected chi connectivity index (χ0v) is 12.2. The molecule has 7 heteroatoms. The Labute approximate surface area is 122 Å². The molecular formula is C14H19NO6. The molecule has 21 heavy (non-hydrogen) atoms. The number of aliphatic hydroxyl groups is 1. The molecule has 1 fully saturated rings. The van der Waals surface area contributed by atoms with E-state index in [1.165, 1.54) is 18.7 Å². The molecule has 0 aliphatic carbocycles. The maximum atomic E-state index is 12.1. The third kappa shape index (κ3) is 2.42. The highest BCUT2D eigenvalue weighted by Crippen LogP contribution is 2.48. The first kappa shape index (κ1) is 15.5. The van der Waals surface area contributed by atoms with Crippen molar-refractivity contribution in [3.05, 3.63) is 11.3 Å². The van der Waals surface area contributed by atoms with E-state index in [4.69, 9.17) is 4.74 Å². The Bertz CT molecular complexity index is 524. The second kappa shape index (κ2) is 5.48. The van der Waals surface area contributed by atoms with Gasteiger partial charge in [-0.05, 0) is 25.8 Å². The van der Waals surface area contributed by atoms with Crippen LogP contribution in [0, 0.1) is 11.8 Å². The molecule has 0 bridgehead atoms. The van der Waals surface area contributed by atoms with E-state index in [0.717, 1.165) is 0 Å². The number of amides is 1. The average molecular weight is 297 g/mol. The second-order valence-corrected chi connectivity index (χ2v) is 5.54. The van der Waals surface area contributed by atoms with Crippen molar-refractivity contribution in [3.63, 3.8) is 0 Å². The van der Waals surface area contributed by atoms with Crippen LogP contribution in [0.25, 0.3) is 0 Å². The van der Waals surface area contributed by atoms with Crippen LogP contribution >= 0.6 is 0 Å². The van der Waals surface area contributed by atoms with Crippen LogP contribution in [-0.2, 0) is 19.1 Å². The van der Waals surface area contributed by atoms with Crippen LogP contribution in [0.1, 0.15) is 27.2 Å². The smallest absolute Gasteiger partial charge is 0.352 e. The van der Waals surface area contributed by atoms with Crippen LogP contribution in [-0.4, -0.2) is 51.7 Å². The largest absolute Gasteiger partial charge is 0.477 e. The molecule has 7 nitrogen and oxygen atoms in total. The van der Waals surface area contributed by atoms with Gasteiger partial charge in [0.1, 0.15) is 5.70 Å². The number of ether oxygens (including phenoxy) is 1. The van der Waals surface area contributed by atoms with Crippen molar-refractivity contribution in [2.24, 2.45) is 11.8 Å². The average Bonchev–Trinajstić information content (AvgIpc) is 2.59. The highest BCUT2D eigenvalue weighted by Gasteiger charge is 2.59. The molecule has 2 aliphatic rings. The molecule has 0 saturated carbocycles. The van der Waals surface area contributed by atoms with Crippen LogP contribution in [0.4, 0.5) is 0 Å². The summed E-state index contributed by atoms with van der Waals surface area (Å²) in [6.45, 7) is 4.66. The summed E-state index contributed by atoms with van der Waals surface area (Å²) in [4.78, 5) is 35.5. The Hall–Kier alpha value is -1.89. The van der Waals surface area contributed by atoms with Gasteiger partial charge in [-0.1, -0.05) is 0 Å². The molecule has 0 spiro atoms. The monoisotopic (exact) mass is 297 g/mol. The van der Waals surface area contributed by atoms with E-state index in [1.54, 1.807) is 6.92 Å². The summed E-state index contributed by atoms with van der Waals surface area (Å²) in [5, 5.41) is 19.0. The molecule has 0 radical (unpaired) electrons. The number of aliphatic hydroxyl groups excluding tert-OH is 1. The summed E-state index contributed by atoms with van der Waals surface area (Å²) >= 11 is 0.